The predicted octanol–water partition coefficient (Wildman–Crippen LogP) is 1.35. The van der Waals surface area contributed by atoms with Gasteiger partial charge in [-0.1, -0.05) is 6.07 Å². The van der Waals surface area contributed by atoms with Crippen LogP contribution in [0.15, 0.2) is 30.6 Å². The SMILES string of the molecule is C[C@H](N)c1cnc2ccccn12. The van der Waals surface area contributed by atoms with Crippen molar-refractivity contribution in [2.45, 2.75) is 13.0 Å². The van der Waals surface area contributed by atoms with Crippen molar-refractivity contribution >= 4 is 5.65 Å². The summed E-state index contributed by atoms with van der Waals surface area (Å²) in [4.78, 5) is 4.22. The van der Waals surface area contributed by atoms with Crippen molar-refractivity contribution in [3.63, 3.8) is 0 Å². The van der Waals surface area contributed by atoms with Crippen LogP contribution in [0.1, 0.15) is 18.7 Å². The lowest BCUT2D eigenvalue weighted by Gasteiger charge is -2.03. The van der Waals surface area contributed by atoms with Gasteiger partial charge in [0.25, 0.3) is 0 Å². The minimum absolute atomic E-state index is 0.0300. The van der Waals surface area contributed by atoms with Crippen LogP contribution in [0.25, 0.3) is 5.65 Å². The van der Waals surface area contributed by atoms with Gasteiger partial charge >= 0.3 is 0 Å². The molecule has 12 heavy (non-hydrogen) atoms. The molecule has 2 aromatic heterocycles. The van der Waals surface area contributed by atoms with E-state index < -0.39 is 0 Å². The van der Waals surface area contributed by atoms with Gasteiger partial charge in [0.2, 0.25) is 0 Å². The third-order valence-electron chi connectivity index (χ3n) is 1.91. The lowest BCUT2D eigenvalue weighted by atomic mass is 10.3. The Morgan fingerprint density at radius 3 is 3.08 bits per heavy atom. The maximum absolute atomic E-state index is 5.76. The van der Waals surface area contributed by atoms with Crippen LogP contribution in [0.3, 0.4) is 0 Å². The highest BCUT2D eigenvalue weighted by Crippen LogP contribution is 2.11. The van der Waals surface area contributed by atoms with Gasteiger partial charge in [0, 0.05) is 12.2 Å². The molecule has 0 saturated carbocycles. The molecule has 0 aromatic carbocycles. The molecule has 0 radical (unpaired) electrons. The van der Waals surface area contributed by atoms with Gasteiger partial charge in [-0.3, -0.25) is 0 Å². The lowest BCUT2D eigenvalue weighted by Crippen LogP contribution is -2.07. The van der Waals surface area contributed by atoms with E-state index in [4.69, 9.17) is 5.73 Å². The Kier molecular flexibility index (Phi) is 1.59. The molecule has 1 atom stereocenters. The zero-order chi connectivity index (χ0) is 8.55. The summed E-state index contributed by atoms with van der Waals surface area (Å²) in [6.45, 7) is 1.95. The molecule has 0 saturated heterocycles. The van der Waals surface area contributed by atoms with Crippen LogP contribution in [0.2, 0.25) is 0 Å². The summed E-state index contributed by atoms with van der Waals surface area (Å²) in [5, 5.41) is 0. The molecule has 2 rings (SSSR count). The Balaban J connectivity index is 2.70. The van der Waals surface area contributed by atoms with E-state index in [9.17, 15) is 0 Å². The Morgan fingerprint density at radius 2 is 2.33 bits per heavy atom. The molecule has 2 N–H and O–H groups in total. The highest BCUT2D eigenvalue weighted by molar-refractivity contribution is 5.40. The van der Waals surface area contributed by atoms with E-state index in [0.29, 0.717) is 0 Å². The molecule has 0 aliphatic rings. The van der Waals surface area contributed by atoms with Crippen molar-refractivity contribution in [2.24, 2.45) is 5.73 Å². The van der Waals surface area contributed by atoms with Crippen molar-refractivity contribution in [3.05, 3.63) is 36.3 Å². The average molecular weight is 161 g/mol. The maximum atomic E-state index is 5.76. The molecule has 0 aliphatic heterocycles. The second-order valence-electron chi connectivity index (χ2n) is 2.90. The minimum Gasteiger partial charge on any atom is -0.323 e. The van der Waals surface area contributed by atoms with Gasteiger partial charge in [-0.25, -0.2) is 4.98 Å². The summed E-state index contributed by atoms with van der Waals surface area (Å²) in [5.74, 6) is 0. The van der Waals surface area contributed by atoms with Gasteiger partial charge in [0.1, 0.15) is 5.65 Å². The van der Waals surface area contributed by atoms with E-state index in [-0.39, 0.29) is 6.04 Å². The van der Waals surface area contributed by atoms with Crippen LogP contribution < -0.4 is 5.73 Å². The van der Waals surface area contributed by atoms with Crippen LogP contribution >= 0.6 is 0 Å². The molecule has 0 fully saturated rings. The molecule has 0 unspecified atom stereocenters. The van der Waals surface area contributed by atoms with E-state index in [2.05, 4.69) is 4.98 Å². The molecule has 2 heterocycles. The number of rotatable bonds is 1. The zero-order valence-electron chi connectivity index (χ0n) is 6.94. The second kappa shape index (κ2) is 2.60. The van der Waals surface area contributed by atoms with E-state index in [1.165, 1.54) is 0 Å². The van der Waals surface area contributed by atoms with Gasteiger partial charge in [-0.15, -0.1) is 0 Å². The first-order valence-corrected chi connectivity index (χ1v) is 3.96. The lowest BCUT2D eigenvalue weighted by molar-refractivity contribution is 0.769. The van der Waals surface area contributed by atoms with Gasteiger partial charge in [-0.2, -0.15) is 0 Å². The number of nitrogens with two attached hydrogens (primary N) is 1. The summed E-state index contributed by atoms with van der Waals surface area (Å²) in [6.07, 6.45) is 3.79. The topological polar surface area (TPSA) is 43.3 Å². The van der Waals surface area contributed by atoms with Crippen molar-refractivity contribution in [3.8, 4) is 0 Å². The average Bonchev–Trinajstić information content (AvgIpc) is 2.47. The molecule has 2 aromatic rings. The highest BCUT2D eigenvalue weighted by atomic mass is 15.0. The van der Waals surface area contributed by atoms with Crippen molar-refractivity contribution in [1.29, 1.82) is 0 Å². The molecule has 0 spiro atoms. The quantitative estimate of drug-likeness (QED) is 0.686. The highest BCUT2D eigenvalue weighted by Gasteiger charge is 2.04. The fourth-order valence-corrected chi connectivity index (χ4v) is 1.29. The second-order valence-corrected chi connectivity index (χ2v) is 2.90. The van der Waals surface area contributed by atoms with Crippen LogP contribution in [0.4, 0.5) is 0 Å². The number of pyridine rings is 1. The Bertz CT molecular complexity index is 389. The van der Waals surface area contributed by atoms with Crippen LogP contribution in [0, 0.1) is 0 Å². The molecule has 62 valence electrons. The van der Waals surface area contributed by atoms with Gasteiger partial charge in [0.15, 0.2) is 0 Å². The number of hydrogen-bond donors (Lipinski definition) is 1. The fraction of sp³-hybridized carbons (Fsp3) is 0.222. The van der Waals surface area contributed by atoms with Gasteiger partial charge in [0.05, 0.1) is 11.9 Å². The molecule has 3 heteroatoms. The maximum Gasteiger partial charge on any atom is 0.136 e. The van der Waals surface area contributed by atoms with E-state index >= 15 is 0 Å². The summed E-state index contributed by atoms with van der Waals surface area (Å²) in [7, 11) is 0. The van der Waals surface area contributed by atoms with Crippen LogP contribution in [-0.4, -0.2) is 9.38 Å². The first kappa shape index (κ1) is 7.31. The summed E-state index contributed by atoms with van der Waals surface area (Å²) in [6, 6.07) is 5.93. The monoisotopic (exact) mass is 161 g/mol. The van der Waals surface area contributed by atoms with E-state index in [1.807, 2.05) is 41.9 Å². The van der Waals surface area contributed by atoms with Crippen LogP contribution in [-0.2, 0) is 0 Å². The van der Waals surface area contributed by atoms with E-state index in [0.717, 1.165) is 11.3 Å². The Labute approximate surface area is 70.8 Å². The molecular weight excluding hydrogens is 150 g/mol. The Hall–Kier alpha value is -1.35. The standard InChI is InChI=1S/C9H11N3/c1-7(10)8-6-11-9-4-2-3-5-12(8)9/h2-7H,10H2,1H3/t7-/m0/s1. The van der Waals surface area contributed by atoms with Crippen LogP contribution in [0.5, 0.6) is 0 Å². The van der Waals surface area contributed by atoms with Gasteiger partial charge in [-0.05, 0) is 19.1 Å². The van der Waals surface area contributed by atoms with Crippen molar-refractivity contribution < 1.29 is 0 Å². The van der Waals surface area contributed by atoms with Crippen molar-refractivity contribution in [1.82, 2.24) is 9.38 Å². The normalized spacial score (nSPS) is 13.5. The number of nitrogens with zero attached hydrogens (tertiary/aromatic N) is 2. The molecule has 3 nitrogen and oxygen atoms in total. The van der Waals surface area contributed by atoms with Crippen molar-refractivity contribution in [2.75, 3.05) is 0 Å². The third-order valence-corrected chi connectivity index (χ3v) is 1.91. The fourth-order valence-electron chi connectivity index (χ4n) is 1.29. The number of imidazole rings is 1. The smallest absolute Gasteiger partial charge is 0.136 e. The summed E-state index contributed by atoms with van der Waals surface area (Å²) in [5.41, 5.74) is 7.76. The summed E-state index contributed by atoms with van der Waals surface area (Å²) < 4.78 is 2.00. The van der Waals surface area contributed by atoms with E-state index in [1.54, 1.807) is 0 Å². The number of hydrogen-bond acceptors (Lipinski definition) is 2. The third kappa shape index (κ3) is 0.987. The molecular formula is C9H11N3. The minimum atomic E-state index is 0.0300. The number of aromatic nitrogens is 2. The predicted molar refractivity (Wildman–Crippen MR) is 47.8 cm³/mol. The zero-order valence-corrected chi connectivity index (χ0v) is 6.94. The number of fused-ring (bicyclic) bond motifs is 1. The Morgan fingerprint density at radius 1 is 1.50 bits per heavy atom. The summed E-state index contributed by atoms with van der Waals surface area (Å²) >= 11 is 0. The molecule has 0 bridgehead atoms. The van der Waals surface area contributed by atoms with Gasteiger partial charge < -0.3 is 10.1 Å². The first-order chi connectivity index (χ1) is 5.79. The molecule has 0 amide bonds. The molecule has 0 aliphatic carbocycles. The largest absolute Gasteiger partial charge is 0.323 e. The first-order valence-electron chi connectivity index (χ1n) is 3.96.